The van der Waals surface area contributed by atoms with Crippen LogP contribution in [0.15, 0.2) is 29.2 Å². The van der Waals surface area contributed by atoms with Gasteiger partial charge in [0.2, 0.25) is 0 Å². The van der Waals surface area contributed by atoms with Crippen LogP contribution in [0, 0.1) is 0 Å². The summed E-state index contributed by atoms with van der Waals surface area (Å²) in [5.74, 6) is 0. The Bertz CT molecular complexity index is 391. The zero-order valence-corrected chi connectivity index (χ0v) is 7.92. The highest BCUT2D eigenvalue weighted by Gasteiger charge is 2.08. The predicted octanol–water partition coefficient (Wildman–Crippen LogP) is 0.939. The minimum Gasteiger partial charge on any atom is -0.472 e. The molecule has 0 fully saturated rings. The van der Waals surface area contributed by atoms with Crippen molar-refractivity contribution in [2.45, 2.75) is 19.5 Å². The fraction of sp³-hybridized carbons (Fsp3) is 0.333. The number of rotatable bonds is 3. The topological polar surface area (TPSA) is 69.9 Å². The van der Waals surface area contributed by atoms with E-state index in [4.69, 9.17) is 10.2 Å². The van der Waals surface area contributed by atoms with Crippen LogP contribution in [0.4, 0.5) is 0 Å². The normalized spacial score (nSPS) is 13.0. The SMILES string of the molecule is C[C@@H](N)c1cnnn1Cc1ccoc1. The largest absolute Gasteiger partial charge is 0.472 e. The smallest absolute Gasteiger partial charge is 0.0953 e. The molecule has 5 nitrogen and oxygen atoms in total. The van der Waals surface area contributed by atoms with E-state index in [2.05, 4.69) is 10.3 Å². The van der Waals surface area contributed by atoms with Crippen molar-refractivity contribution in [3.63, 3.8) is 0 Å². The van der Waals surface area contributed by atoms with Crippen LogP contribution >= 0.6 is 0 Å². The van der Waals surface area contributed by atoms with E-state index in [1.165, 1.54) is 0 Å². The number of nitrogens with two attached hydrogens (primary N) is 1. The van der Waals surface area contributed by atoms with E-state index >= 15 is 0 Å². The molecular formula is C9H12N4O. The molecular weight excluding hydrogens is 180 g/mol. The monoisotopic (exact) mass is 192 g/mol. The molecule has 0 radical (unpaired) electrons. The average molecular weight is 192 g/mol. The lowest BCUT2D eigenvalue weighted by atomic mass is 10.2. The second-order valence-corrected chi connectivity index (χ2v) is 3.24. The molecule has 0 aromatic carbocycles. The molecule has 0 spiro atoms. The van der Waals surface area contributed by atoms with Gasteiger partial charge in [0.05, 0.1) is 31.0 Å². The quantitative estimate of drug-likeness (QED) is 0.785. The first-order valence-electron chi connectivity index (χ1n) is 4.42. The first-order chi connectivity index (χ1) is 6.77. The summed E-state index contributed by atoms with van der Waals surface area (Å²) in [5.41, 5.74) is 7.74. The lowest BCUT2D eigenvalue weighted by Crippen LogP contribution is -2.13. The Morgan fingerprint density at radius 2 is 2.50 bits per heavy atom. The summed E-state index contributed by atoms with van der Waals surface area (Å²) in [6.07, 6.45) is 5.01. The molecule has 74 valence electrons. The molecule has 2 N–H and O–H groups in total. The molecule has 0 bridgehead atoms. The molecule has 0 aliphatic rings. The lowest BCUT2D eigenvalue weighted by molar-refractivity contribution is 0.551. The predicted molar refractivity (Wildman–Crippen MR) is 50.4 cm³/mol. The fourth-order valence-corrected chi connectivity index (χ4v) is 1.30. The summed E-state index contributed by atoms with van der Waals surface area (Å²) in [6, 6.07) is 1.84. The van der Waals surface area contributed by atoms with Crippen molar-refractivity contribution in [2.24, 2.45) is 5.73 Å². The summed E-state index contributed by atoms with van der Waals surface area (Å²) in [7, 11) is 0. The van der Waals surface area contributed by atoms with E-state index < -0.39 is 0 Å². The van der Waals surface area contributed by atoms with Gasteiger partial charge >= 0.3 is 0 Å². The summed E-state index contributed by atoms with van der Waals surface area (Å²) in [6.45, 7) is 2.55. The van der Waals surface area contributed by atoms with Crippen LogP contribution in [-0.4, -0.2) is 15.0 Å². The van der Waals surface area contributed by atoms with Gasteiger partial charge in [0.1, 0.15) is 0 Å². The Labute approximate surface area is 81.5 Å². The van der Waals surface area contributed by atoms with Crippen molar-refractivity contribution in [1.82, 2.24) is 15.0 Å². The van der Waals surface area contributed by atoms with Crippen LogP contribution < -0.4 is 5.73 Å². The van der Waals surface area contributed by atoms with Crippen molar-refractivity contribution in [3.8, 4) is 0 Å². The third-order valence-corrected chi connectivity index (χ3v) is 2.03. The molecule has 0 aliphatic heterocycles. The zero-order chi connectivity index (χ0) is 9.97. The highest BCUT2D eigenvalue weighted by Crippen LogP contribution is 2.09. The van der Waals surface area contributed by atoms with Gasteiger partial charge in [-0.2, -0.15) is 0 Å². The number of hydrogen-bond acceptors (Lipinski definition) is 4. The molecule has 5 heteroatoms. The summed E-state index contributed by atoms with van der Waals surface area (Å²) in [5, 5.41) is 7.78. The van der Waals surface area contributed by atoms with Gasteiger partial charge in [-0.15, -0.1) is 5.10 Å². The van der Waals surface area contributed by atoms with Crippen molar-refractivity contribution < 1.29 is 4.42 Å². The van der Waals surface area contributed by atoms with E-state index in [9.17, 15) is 0 Å². The van der Waals surface area contributed by atoms with Crippen LogP contribution in [0.3, 0.4) is 0 Å². The number of hydrogen-bond donors (Lipinski definition) is 1. The maximum atomic E-state index is 5.76. The molecule has 1 atom stereocenters. The first-order valence-corrected chi connectivity index (χ1v) is 4.42. The molecule has 2 heterocycles. The van der Waals surface area contributed by atoms with Gasteiger partial charge in [0.25, 0.3) is 0 Å². The molecule has 14 heavy (non-hydrogen) atoms. The third kappa shape index (κ3) is 1.67. The summed E-state index contributed by atoms with van der Waals surface area (Å²) in [4.78, 5) is 0. The van der Waals surface area contributed by atoms with Gasteiger partial charge in [-0.25, -0.2) is 4.68 Å². The Morgan fingerprint density at radius 1 is 1.64 bits per heavy atom. The maximum absolute atomic E-state index is 5.76. The van der Waals surface area contributed by atoms with E-state index in [0.717, 1.165) is 11.3 Å². The van der Waals surface area contributed by atoms with E-state index in [1.807, 2.05) is 13.0 Å². The highest BCUT2D eigenvalue weighted by atomic mass is 16.3. The minimum absolute atomic E-state index is 0.0584. The number of furan rings is 1. The molecule has 0 saturated heterocycles. The van der Waals surface area contributed by atoms with Gasteiger partial charge in [-0.1, -0.05) is 5.21 Å². The third-order valence-electron chi connectivity index (χ3n) is 2.03. The Morgan fingerprint density at radius 3 is 3.14 bits per heavy atom. The van der Waals surface area contributed by atoms with Gasteiger partial charge in [-0.3, -0.25) is 0 Å². The Kier molecular flexibility index (Phi) is 2.32. The maximum Gasteiger partial charge on any atom is 0.0953 e. The van der Waals surface area contributed by atoms with Gasteiger partial charge in [-0.05, 0) is 13.0 Å². The van der Waals surface area contributed by atoms with Crippen molar-refractivity contribution in [3.05, 3.63) is 36.0 Å². The van der Waals surface area contributed by atoms with Gasteiger partial charge in [0, 0.05) is 11.6 Å². The number of aromatic nitrogens is 3. The highest BCUT2D eigenvalue weighted by molar-refractivity contribution is 5.08. The standard InChI is InChI=1S/C9H12N4O/c1-7(10)9-4-11-12-13(9)5-8-2-3-14-6-8/h2-4,6-7H,5,10H2,1H3/t7-/m1/s1. The first kappa shape index (κ1) is 8.96. The molecule has 0 amide bonds. The number of nitrogens with zero attached hydrogens (tertiary/aromatic N) is 3. The van der Waals surface area contributed by atoms with Crippen molar-refractivity contribution in [2.75, 3.05) is 0 Å². The van der Waals surface area contributed by atoms with Crippen LogP contribution in [-0.2, 0) is 6.54 Å². The van der Waals surface area contributed by atoms with E-state index in [-0.39, 0.29) is 6.04 Å². The van der Waals surface area contributed by atoms with Crippen LogP contribution in [0.25, 0.3) is 0 Å². The van der Waals surface area contributed by atoms with Crippen LogP contribution in [0.2, 0.25) is 0 Å². The van der Waals surface area contributed by atoms with Crippen molar-refractivity contribution >= 4 is 0 Å². The molecule has 0 unspecified atom stereocenters. The molecule has 0 saturated carbocycles. The average Bonchev–Trinajstić information content (AvgIpc) is 2.75. The Hall–Kier alpha value is -1.62. The summed E-state index contributed by atoms with van der Waals surface area (Å²) >= 11 is 0. The van der Waals surface area contributed by atoms with Gasteiger partial charge < -0.3 is 10.2 Å². The zero-order valence-electron chi connectivity index (χ0n) is 7.92. The molecule has 0 aliphatic carbocycles. The second kappa shape index (κ2) is 3.63. The van der Waals surface area contributed by atoms with Crippen LogP contribution in [0.1, 0.15) is 24.2 Å². The van der Waals surface area contributed by atoms with Crippen molar-refractivity contribution in [1.29, 1.82) is 0 Å². The second-order valence-electron chi connectivity index (χ2n) is 3.24. The molecule has 2 rings (SSSR count). The van der Waals surface area contributed by atoms with Crippen LogP contribution in [0.5, 0.6) is 0 Å². The Balaban J connectivity index is 2.21. The molecule has 2 aromatic heterocycles. The minimum atomic E-state index is -0.0584. The fourth-order valence-electron chi connectivity index (χ4n) is 1.30. The molecule has 2 aromatic rings. The van der Waals surface area contributed by atoms with E-state index in [1.54, 1.807) is 23.4 Å². The van der Waals surface area contributed by atoms with E-state index in [0.29, 0.717) is 6.54 Å². The lowest BCUT2D eigenvalue weighted by Gasteiger charge is -2.06. The summed E-state index contributed by atoms with van der Waals surface area (Å²) < 4.78 is 6.74. The van der Waals surface area contributed by atoms with Gasteiger partial charge in [0.15, 0.2) is 0 Å².